The number of nitrogens with zero attached hydrogens (tertiary/aromatic N) is 2. The molecule has 0 aliphatic heterocycles. The van der Waals surface area contributed by atoms with E-state index in [1.807, 2.05) is 0 Å². The summed E-state index contributed by atoms with van der Waals surface area (Å²) in [5.41, 5.74) is 0.162. The van der Waals surface area contributed by atoms with Crippen LogP contribution in [0, 0.1) is 0 Å². The quantitative estimate of drug-likeness (QED) is 0.843. The Bertz CT molecular complexity index is 553. The van der Waals surface area contributed by atoms with Gasteiger partial charge < -0.3 is 0 Å². The normalized spacial score (nSPS) is 17.1. The van der Waals surface area contributed by atoms with E-state index in [9.17, 15) is 21.6 Å². The molecule has 1 saturated carbocycles. The lowest BCUT2D eigenvalue weighted by molar-refractivity contribution is -0.137. The zero-order valence-corrected chi connectivity index (χ0v) is 11.2. The van der Waals surface area contributed by atoms with Crippen LogP contribution < -0.4 is 0 Å². The fourth-order valence-corrected chi connectivity index (χ4v) is 3.74. The number of hydrogen-bond acceptors (Lipinski definition) is 3. The monoisotopic (exact) mass is 317 g/mol. The molecule has 1 fully saturated rings. The van der Waals surface area contributed by atoms with Gasteiger partial charge in [-0.05, 0) is 12.8 Å². The first-order valence-corrected chi connectivity index (χ1v) is 7.40. The molecule has 0 radical (unpaired) electrons. The van der Waals surface area contributed by atoms with Crippen molar-refractivity contribution < 1.29 is 21.6 Å². The van der Waals surface area contributed by atoms with E-state index in [-0.39, 0.29) is 16.5 Å². The molecule has 0 amide bonds. The molecular weight excluding hydrogens is 307 g/mol. The van der Waals surface area contributed by atoms with Crippen molar-refractivity contribution in [3.05, 3.63) is 11.8 Å². The topological polar surface area (TPSA) is 66.1 Å². The lowest BCUT2D eigenvalue weighted by Crippen LogP contribution is -2.40. The molecular formula is C9H11ClF3N3O2S. The van der Waals surface area contributed by atoms with Crippen molar-refractivity contribution in [1.82, 2.24) is 14.5 Å². The van der Waals surface area contributed by atoms with Crippen molar-refractivity contribution in [2.24, 2.45) is 0 Å². The van der Waals surface area contributed by atoms with Gasteiger partial charge in [0.05, 0.1) is 12.1 Å². The molecule has 1 N–H and O–H groups in total. The zero-order valence-electron chi connectivity index (χ0n) is 9.61. The summed E-state index contributed by atoms with van der Waals surface area (Å²) in [7, 11) is -4.26. The average molecular weight is 318 g/mol. The summed E-state index contributed by atoms with van der Waals surface area (Å²) in [6.45, 7) is -1.50. The van der Waals surface area contributed by atoms with Crippen LogP contribution in [0.2, 0.25) is 0 Å². The smallest absolute Gasteiger partial charge is 0.266 e. The molecule has 0 bridgehead atoms. The Labute approximate surface area is 112 Å². The van der Waals surface area contributed by atoms with Crippen LogP contribution in [0.4, 0.5) is 13.2 Å². The molecule has 10 heteroatoms. The van der Waals surface area contributed by atoms with E-state index in [4.69, 9.17) is 11.6 Å². The Balaban J connectivity index is 2.35. The molecule has 5 nitrogen and oxygen atoms in total. The molecule has 0 unspecified atom stereocenters. The van der Waals surface area contributed by atoms with Gasteiger partial charge in [0, 0.05) is 11.6 Å². The minimum absolute atomic E-state index is 0.143. The maximum absolute atomic E-state index is 12.5. The largest absolute Gasteiger partial charge is 0.402 e. The minimum Gasteiger partial charge on any atom is -0.266 e. The zero-order chi connectivity index (χ0) is 14.3. The lowest BCUT2D eigenvalue weighted by Gasteiger charge is -2.22. The number of alkyl halides is 4. The highest BCUT2D eigenvalue weighted by Crippen LogP contribution is 2.35. The maximum Gasteiger partial charge on any atom is 0.402 e. The minimum atomic E-state index is -4.59. The van der Waals surface area contributed by atoms with E-state index in [0.717, 1.165) is 0 Å². The molecule has 1 heterocycles. The van der Waals surface area contributed by atoms with E-state index >= 15 is 0 Å². The van der Waals surface area contributed by atoms with Gasteiger partial charge in [0.25, 0.3) is 10.0 Å². The third-order valence-electron chi connectivity index (χ3n) is 2.68. The lowest BCUT2D eigenvalue weighted by atomic mass is 10.4. The van der Waals surface area contributed by atoms with E-state index in [1.165, 1.54) is 6.20 Å². The van der Waals surface area contributed by atoms with Gasteiger partial charge in [-0.1, -0.05) is 0 Å². The SMILES string of the molecule is O=S(=O)(c1[nH]ncc1CCl)N(CC(F)(F)F)C1CC1. The summed E-state index contributed by atoms with van der Waals surface area (Å²) in [6.07, 6.45) is -2.53. The molecule has 1 aromatic heterocycles. The molecule has 0 atom stereocenters. The Kier molecular flexibility index (Phi) is 3.80. The summed E-state index contributed by atoms with van der Waals surface area (Å²) >= 11 is 5.55. The Hall–Kier alpha value is -0.800. The number of aromatic amines is 1. The van der Waals surface area contributed by atoms with Crippen LogP contribution in [-0.2, 0) is 15.9 Å². The van der Waals surface area contributed by atoms with Gasteiger partial charge in [0.1, 0.15) is 6.54 Å². The highest BCUT2D eigenvalue weighted by molar-refractivity contribution is 7.89. The number of nitrogens with one attached hydrogen (secondary N) is 1. The summed E-state index contributed by atoms with van der Waals surface area (Å²) in [4.78, 5) is 0. The van der Waals surface area contributed by atoms with Gasteiger partial charge in [-0.3, -0.25) is 5.10 Å². The Morgan fingerprint density at radius 1 is 1.47 bits per heavy atom. The van der Waals surface area contributed by atoms with Crippen LogP contribution >= 0.6 is 11.6 Å². The van der Waals surface area contributed by atoms with Crippen LogP contribution in [0.5, 0.6) is 0 Å². The fourth-order valence-electron chi connectivity index (χ4n) is 1.68. The number of sulfonamides is 1. The predicted molar refractivity (Wildman–Crippen MR) is 61.1 cm³/mol. The van der Waals surface area contributed by atoms with Crippen LogP contribution in [0.25, 0.3) is 0 Å². The molecule has 1 aromatic rings. The number of rotatable bonds is 5. The molecule has 0 spiro atoms. The Morgan fingerprint density at radius 2 is 2.11 bits per heavy atom. The number of H-pyrrole nitrogens is 1. The van der Waals surface area contributed by atoms with E-state index in [0.29, 0.717) is 17.1 Å². The predicted octanol–water partition coefficient (Wildman–Crippen LogP) is 1.86. The molecule has 0 aromatic carbocycles. The van der Waals surface area contributed by atoms with Crippen molar-refractivity contribution in [3.63, 3.8) is 0 Å². The van der Waals surface area contributed by atoms with Gasteiger partial charge in [0.15, 0.2) is 5.03 Å². The standard InChI is InChI=1S/C9H11ClF3N3O2S/c10-3-6-4-14-15-8(6)19(17,18)16(7-1-2-7)5-9(11,12)13/h4,7H,1-3,5H2,(H,14,15). The molecule has 19 heavy (non-hydrogen) atoms. The second kappa shape index (κ2) is 4.95. The second-order valence-electron chi connectivity index (χ2n) is 4.25. The van der Waals surface area contributed by atoms with Gasteiger partial charge in [0.2, 0.25) is 0 Å². The first-order valence-electron chi connectivity index (χ1n) is 5.42. The van der Waals surface area contributed by atoms with Crippen molar-refractivity contribution in [2.45, 2.75) is 36.0 Å². The van der Waals surface area contributed by atoms with Gasteiger partial charge in [-0.15, -0.1) is 11.6 Å². The third kappa shape index (κ3) is 3.21. The van der Waals surface area contributed by atoms with Crippen LogP contribution in [-0.4, -0.2) is 41.7 Å². The van der Waals surface area contributed by atoms with Crippen LogP contribution in [0.1, 0.15) is 18.4 Å². The highest BCUT2D eigenvalue weighted by atomic mass is 35.5. The average Bonchev–Trinajstić information content (AvgIpc) is 3.00. The van der Waals surface area contributed by atoms with Crippen molar-refractivity contribution >= 4 is 21.6 Å². The number of aromatic nitrogens is 2. The summed E-state index contributed by atoms with van der Waals surface area (Å²) < 4.78 is 62.4. The summed E-state index contributed by atoms with van der Waals surface area (Å²) in [5.74, 6) is -0.143. The Morgan fingerprint density at radius 3 is 2.58 bits per heavy atom. The van der Waals surface area contributed by atoms with E-state index in [1.54, 1.807) is 0 Å². The number of hydrogen-bond donors (Lipinski definition) is 1. The van der Waals surface area contributed by atoms with E-state index in [2.05, 4.69) is 10.2 Å². The van der Waals surface area contributed by atoms with E-state index < -0.39 is 28.8 Å². The van der Waals surface area contributed by atoms with Crippen molar-refractivity contribution in [3.8, 4) is 0 Å². The molecule has 1 aliphatic carbocycles. The molecule has 108 valence electrons. The molecule has 2 rings (SSSR count). The van der Waals surface area contributed by atoms with Gasteiger partial charge in [-0.25, -0.2) is 8.42 Å². The first kappa shape index (κ1) is 14.6. The van der Waals surface area contributed by atoms with Crippen LogP contribution in [0.3, 0.4) is 0 Å². The highest BCUT2D eigenvalue weighted by Gasteiger charge is 2.45. The van der Waals surface area contributed by atoms with Crippen molar-refractivity contribution in [1.29, 1.82) is 0 Å². The summed E-state index contributed by atoms with van der Waals surface area (Å²) in [5, 5.41) is 5.37. The van der Waals surface area contributed by atoms with Crippen LogP contribution in [0.15, 0.2) is 11.2 Å². The van der Waals surface area contributed by atoms with Gasteiger partial charge in [-0.2, -0.15) is 22.6 Å². The van der Waals surface area contributed by atoms with Gasteiger partial charge >= 0.3 is 6.18 Å². The molecule has 0 saturated heterocycles. The maximum atomic E-state index is 12.5. The molecule has 1 aliphatic rings. The summed E-state index contributed by atoms with van der Waals surface area (Å²) in [6, 6.07) is -0.599. The first-order chi connectivity index (χ1) is 8.75. The van der Waals surface area contributed by atoms with Crippen molar-refractivity contribution in [2.75, 3.05) is 6.54 Å². The third-order valence-corrected chi connectivity index (χ3v) is 4.88. The number of halogens is 4. The fraction of sp³-hybridized carbons (Fsp3) is 0.667. The second-order valence-corrected chi connectivity index (χ2v) is 6.35.